The second kappa shape index (κ2) is 6.17. The molecule has 4 heteroatoms. The number of nitriles is 1. The van der Waals surface area contributed by atoms with E-state index in [0.717, 1.165) is 16.7 Å². The van der Waals surface area contributed by atoms with E-state index in [9.17, 15) is 5.11 Å². The highest BCUT2D eigenvalue weighted by Crippen LogP contribution is 2.24. The van der Waals surface area contributed by atoms with Gasteiger partial charge >= 0.3 is 0 Å². The summed E-state index contributed by atoms with van der Waals surface area (Å²) in [5.41, 5.74) is 4.44. The fourth-order valence-electron chi connectivity index (χ4n) is 2.20. The number of hydrogen-bond donors (Lipinski definition) is 1. The molecule has 0 saturated carbocycles. The molecule has 1 aromatic carbocycles. The predicted octanol–water partition coefficient (Wildman–Crippen LogP) is 3.61. The number of pyridine rings is 1. The van der Waals surface area contributed by atoms with E-state index in [1.807, 2.05) is 38.1 Å². The van der Waals surface area contributed by atoms with Crippen molar-refractivity contribution in [1.82, 2.24) is 4.98 Å². The molecule has 102 valence electrons. The molecule has 1 unspecified atom stereocenters. The minimum Gasteiger partial charge on any atom is -0.388 e. The molecule has 20 heavy (non-hydrogen) atoms. The Kier molecular flexibility index (Phi) is 4.53. The monoisotopic (exact) mass is 330 g/mol. The molecule has 0 amide bonds. The van der Waals surface area contributed by atoms with Crippen LogP contribution in [-0.4, -0.2) is 10.1 Å². The number of rotatable bonds is 3. The number of nitrogens with zero attached hydrogens (tertiary/aromatic N) is 2. The number of benzene rings is 1. The van der Waals surface area contributed by atoms with Gasteiger partial charge in [-0.3, -0.25) is 0 Å². The van der Waals surface area contributed by atoms with Gasteiger partial charge in [0.1, 0.15) is 6.07 Å². The third kappa shape index (κ3) is 3.24. The lowest BCUT2D eigenvalue weighted by Gasteiger charge is -2.14. The number of aliphatic hydroxyl groups excluding tert-OH is 1. The van der Waals surface area contributed by atoms with Gasteiger partial charge in [-0.1, -0.05) is 23.8 Å². The van der Waals surface area contributed by atoms with Crippen LogP contribution in [0.15, 0.2) is 34.9 Å². The summed E-state index contributed by atoms with van der Waals surface area (Å²) in [6, 6.07) is 9.85. The summed E-state index contributed by atoms with van der Waals surface area (Å²) >= 11 is 3.31. The Labute approximate surface area is 127 Å². The van der Waals surface area contributed by atoms with E-state index in [0.29, 0.717) is 16.6 Å². The van der Waals surface area contributed by atoms with Crippen LogP contribution in [0.5, 0.6) is 0 Å². The normalized spacial score (nSPS) is 11.9. The van der Waals surface area contributed by atoms with E-state index >= 15 is 0 Å². The zero-order chi connectivity index (χ0) is 14.7. The predicted molar refractivity (Wildman–Crippen MR) is 81.2 cm³/mol. The topological polar surface area (TPSA) is 56.9 Å². The molecule has 0 aliphatic heterocycles. The molecule has 1 heterocycles. The molecule has 0 radical (unpaired) electrons. The fraction of sp³-hybridized carbons (Fsp3) is 0.250. The van der Waals surface area contributed by atoms with Crippen molar-refractivity contribution in [1.29, 1.82) is 5.26 Å². The molecule has 0 saturated heterocycles. The summed E-state index contributed by atoms with van der Waals surface area (Å²) in [6.07, 6.45) is 1.54. The number of hydrogen-bond acceptors (Lipinski definition) is 3. The lowest BCUT2D eigenvalue weighted by atomic mass is 9.97. The molecule has 0 aliphatic carbocycles. The maximum absolute atomic E-state index is 10.4. The van der Waals surface area contributed by atoms with Crippen molar-refractivity contribution in [2.24, 2.45) is 0 Å². The molecule has 1 N–H and O–H groups in total. The molecular weight excluding hydrogens is 316 g/mol. The quantitative estimate of drug-likeness (QED) is 0.935. The molecule has 0 spiro atoms. The van der Waals surface area contributed by atoms with Crippen LogP contribution < -0.4 is 0 Å². The van der Waals surface area contributed by atoms with Gasteiger partial charge in [0.25, 0.3) is 0 Å². The third-order valence-corrected chi connectivity index (χ3v) is 3.82. The van der Waals surface area contributed by atoms with Gasteiger partial charge in [-0.05, 0) is 52.5 Å². The van der Waals surface area contributed by atoms with Crippen LogP contribution in [-0.2, 0) is 6.42 Å². The Hall–Kier alpha value is -1.70. The minimum atomic E-state index is -0.572. The van der Waals surface area contributed by atoms with Crippen LogP contribution >= 0.6 is 15.9 Å². The maximum Gasteiger partial charge on any atom is 0.154 e. The van der Waals surface area contributed by atoms with Crippen molar-refractivity contribution in [2.75, 3.05) is 0 Å². The zero-order valence-corrected chi connectivity index (χ0v) is 13.0. The lowest BCUT2D eigenvalue weighted by Crippen LogP contribution is -2.05. The highest BCUT2D eigenvalue weighted by Gasteiger charge is 2.12. The second-order valence-electron chi connectivity index (χ2n) is 4.87. The van der Waals surface area contributed by atoms with Gasteiger partial charge in [0, 0.05) is 12.6 Å². The molecular formula is C16H15BrN2O. The average Bonchev–Trinajstić information content (AvgIpc) is 2.38. The van der Waals surface area contributed by atoms with E-state index in [4.69, 9.17) is 5.26 Å². The Morgan fingerprint density at radius 1 is 1.35 bits per heavy atom. The van der Waals surface area contributed by atoms with E-state index in [1.165, 1.54) is 5.56 Å². The number of aromatic nitrogens is 1. The van der Waals surface area contributed by atoms with E-state index in [2.05, 4.69) is 27.0 Å². The first-order valence-corrected chi connectivity index (χ1v) is 7.10. The van der Waals surface area contributed by atoms with Gasteiger partial charge < -0.3 is 5.11 Å². The van der Waals surface area contributed by atoms with Crippen LogP contribution in [0.2, 0.25) is 0 Å². The first kappa shape index (κ1) is 14.7. The Bertz CT molecular complexity index is 677. The van der Waals surface area contributed by atoms with Gasteiger partial charge in [-0.2, -0.15) is 5.26 Å². The fourth-order valence-corrected chi connectivity index (χ4v) is 2.69. The number of halogens is 1. The molecule has 2 aromatic rings. The van der Waals surface area contributed by atoms with Crippen LogP contribution in [0, 0.1) is 25.2 Å². The number of aryl methyl sites for hydroxylation is 2. The summed E-state index contributed by atoms with van der Waals surface area (Å²) in [5.74, 6) is 0. The van der Waals surface area contributed by atoms with Crippen LogP contribution in [0.3, 0.4) is 0 Å². The summed E-state index contributed by atoms with van der Waals surface area (Å²) < 4.78 is 0.658. The summed E-state index contributed by atoms with van der Waals surface area (Å²) in [7, 11) is 0. The highest BCUT2D eigenvalue weighted by atomic mass is 79.9. The van der Waals surface area contributed by atoms with Crippen molar-refractivity contribution in [3.8, 4) is 6.07 Å². The lowest BCUT2D eigenvalue weighted by molar-refractivity contribution is 0.177. The van der Waals surface area contributed by atoms with Crippen LogP contribution in [0.25, 0.3) is 0 Å². The van der Waals surface area contributed by atoms with E-state index in [-0.39, 0.29) is 0 Å². The SMILES string of the molecule is Cc1ccc(C(O)Cc2cnc(C#N)c(Br)c2)c(C)c1. The number of aliphatic hydroxyl groups is 1. The minimum absolute atomic E-state index is 0.356. The summed E-state index contributed by atoms with van der Waals surface area (Å²) in [6.45, 7) is 4.03. The third-order valence-electron chi connectivity index (χ3n) is 3.22. The zero-order valence-electron chi connectivity index (χ0n) is 11.4. The Morgan fingerprint density at radius 3 is 2.70 bits per heavy atom. The molecule has 1 atom stereocenters. The van der Waals surface area contributed by atoms with Gasteiger partial charge in [0.05, 0.1) is 10.6 Å². The highest BCUT2D eigenvalue weighted by molar-refractivity contribution is 9.10. The Balaban J connectivity index is 2.21. The van der Waals surface area contributed by atoms with Crippen molar-refractivity contribution in [2.45, 2.75) is 26.4 Å². The van der Waals surface area contributed by atoms with Gasteiger partial charge in [0.15, 0.2) is 5.69 Å². The average molecular weight is 331 g/mol. The van der Waals surface area contributed by atoms with Crippen molar-refractivity contribution in [3.05, 3.63) is 62.9 Å². The molecule has 1 aromatic heterocycles. The van der Waals surface area contributed by atoms with Crippen LogP contribution in [0.4, 0.5) is 0 Å². The summed E-state index contributed by atoms with van der Waals surface area (Å²) in [4.78, 5) is 4.06. The van der Waals surface area contributed by atoms with Crippen molar-refractivity contribution >= 4 is 15.9 Å². The molecule has 0 aliphatic rings. The molecule has 0 fully saturated rings. The smallest absolute Gasteiger partial charge is 0.154 e. The first-order chi connectivity index (χ1) is 9.51. The van der Waals surface area contributed by atoms with Gasteiger partial charge in [0.2, 0.25) is 0 Å². The molecule has 0 bridgehead atoms. The van der Waals surface area contributed by atoms with Crippen molar-refractivity contribution in [3.63, 3.8) is 0 Å². The van der Waals surface area contributed by atoms with Gasteiger partial charge in [-0.15, -0.1) is 0 Å². The van der Waals surface area contributed by atoms with E-state index in [1.54, 1.807) is 6.20 Å². The van der Waals surface area contributed by atoms with Gasteiger partial charge in [-0.25, -0.2) is 4.98 Å². The largest absolute Gasteiger partial charge is 0.388 e. The standard InChI is InChI=1S/C16H15BrN2O/c1-10-3-4-13(11(2)5-10)16(20)7-12-6-14(17)15(8-18)19-9-12/h3-6,9,16,20H,7H2,1-2H3. The van der Waals surface area contributed by atoms with Crippen molar-refractivity contribution < 1.29 is 5.11 Å². The first-order valence-electron chi connectivity index (χ1n) is 6.31. The van der Waals surface area contributed by atoms with E-state index < -0.39 is 6.10 Å². The molecule has 2 rings (SSSR count). The maximum atomic E-state index is 10.4. The second-order valence-corrected chi connectivity index (χ2v) is 5.72. The van der Waals surface area contributed by atoms with Crippen LogP contribution in [0.1, 0.15) is 34.1 Å². The molecule has 3 nitrogen and oxygen atoms in total. The Morgan fingerprint density at radius 2 is 2.10 bits per heavy atom. The summed E-state index contributed by atoms with van der Waals surface area (Å²) in [5, 5.41) is 19.2.